The number of hydrogen-bond acceptors (Lipinski definition) is 4. The summed E-state index contributed by atoms with van der Waals surface area (Å²) in [6.07, 6.45) is 0. The van der Waals surface area contributed by atoms with Crippen LogP contribution in [0.3, 0.4) is 0 Å². The summed E-state index contributed by atoms with van der Waals surface area (Å²) in [4.78, 5) is 15.0. The standard InChI is InChI=1S/C22H26N4OS/c1-5-26(6-2)21(27)19(17-10-8-7-9-11-17)28-22-24-23-20(25(22)4)18-14-12-16(3)13-15-18/h7-15,19H,5-6H2,1-4H3/t19-/m0/s1. The summed E-state index contributed by atoms with van der Waals surface area (Å²) in [5, 5.41) is 9.13. The number of rotatable bonds is 7. The van der Waals surface area contributed by atoms with Gasteiger partial charge < -0.3 is 9.47 Å². The normalized spacial score (nSPS) is 12.0. The Hall–Kier alpha value is -2.60. The summed E-state index contributed by atoms with van der Waals surface area (Å²) < 4.78 is 1.96. The van der Waals surface area contributed by atoms with Gasteiger partial charge in [0.2, 0.25) is 5.91 Å². The van der Waals surface area contributed by atoms with Crippen molar-refractivity contribution in [2.75, 3.05) is 13.1 Å². The molecule has 3 aromatic rings. The van der Waals surface area contributed by atoms with Crippen LogP contribution in [0.2, 0.25) is 0 Å². The van der Waals surface area contributed by atoms with Gasteiger partial charge in [0, 0.05) is 25.7 Å². The molecule has 1 amide bonds. The molecule has 1 atom stereocenters. The van der Waals surface area contributed by atoms with Gasteiger partial charge in [-0.25, -0.2) is 0 Å². The summed E-state index contributed by atoms with van der Waals surface area (Å²) in [7, 11) is 1.95. The van der Waals surface area contributed by atoms with Gasteiger partial charge >= 0.3 is 0 Å². The van der Waals surface area contributed by atoms with E-state index in [4.69, 9.17) is 0 Å². The topological polar surface area (TPSA) is 51.0 Å². The van der Waals surface area contributed by atoms with Crippen LogP contribution in [0.1, 0.15) is 30.2 Å². The van der Waals surface area contributed by atoms with Crippen LogP contribution >= 0.6 is 11.8 Å². The summed E-state index contributed by atoms with van der Waals surface area (Å²) in [5.41, 5.74) is 3.19. The molecule has 28 heavy (non-hydrogen) atoms. The lowest BCUT2D eigenvalue weighted by atomic mass is 10.1. The monoisotopic (exact) mass is 394 g/mol. The van der Waals surface area contributed by atoms with Crippen molar-refractivity contribution in [1.29, 1.82) is 0 Å². The lowest BCUT2D eigenvalue weighted by molar-refractivity contribution is -0.130. The Labute approximate surface area is 170 Å². The zero-order valence-corrected chi connectivity index (χ0v) is 17.6. The van der Waals surface area contributed by atoms with E-state index < -0.39 is 0 Å². The number of amides is 1. The van der Waals surface area contributed by atoms with Crippen molar-refractivity contribution in [3.8, 4) is 11.4 Å². The minimum atomic E-state index is -0.352. The number of aromatic nitrogens is 3. The van der Waals surface area contributed by atoms with Gasteiger partial charge in [-0.15, -0.1) is 10.2 Å². The maximum atomic E-state index is 13.2. The predicted octanol–water partition coefficient (Wildman–Crippen LogP) is 4.49. The first-order valence-electron chi connectivity index (χ1n) is 9.52. The number of likely N-dealkylation sites (N-methyl/N-ethyl adjacent to an activating group) is 1. The number of carbonyl (C=O) groups is 1. The summed E-state index contributed by atoms with van der Waals surface area (Å²) >= 11 is 1.45. The Morgan fingerprint density at radius 3 is 2.29 bits per heavy atom. The van der Waals surface area contributed by atoms with E-state index in [1.54, 1.807) is 0 Å². The zero-order chi connectivity index (χ0) is 20.1. The molecule has 146 valence electrons. The molecule has 0 spiro atoms. The lowest BCUT2D eigenvalue weighted by Crippen LogP contribution is -2.34. The van der Waals surface area contributed by atoms with Gasteiger partial charge in [-0.1, -0.05) is 71.9 Å². The molecular weight excluding hydrogens is 368 g/mol. The Morgan fingerprint density at radius 2 is 1.68 bits per heavy atom. The molecule has 0 N–H and O–H groups in total. The molecule has 3 rings (SSSR count). The van der Waals surface area contributed by atoms with Gasteiger partial charge in [-0.05, 0) is 26.3 Å². The highest BCUT2D eigenvalue weighted by Gasteiger charge is 2.28. The molecule has 1 heterocycles. The van der Waals surface area contributed by atoms with Crippen LogP contribution in [0.5, 0.6) is 0 Å². The van der Waals surface area contributed by atoms with E-state index in [-0.39, 0.29) is 11.2 Å². The molecule has 0 unspecified atom stereocenters. The third kappa shape index (κ3) is 4.28. The van der Waals surface area contributed by atoms with Crippen LogP contribution in [0.25, 0.3) is 11.4 Å². The zero-order valence-electron chi connectivity index (χ0n) is 16.8. The van der Waals surface area contributed by atoms with Crippen molar-refractivity contribution in [3.63, 3.8) is 0 Å². The molecular formula is C22H26N4OS. The smallest absolute Gasteiger partial charge is 0.240 e. The molecule has 0 bridgehead atoms. The second-order valence-electron chi connectivity index (χ2n) is 6.65. The Kier molecular flexibility index (Phi) is 6.52. The molecule has 6 heteroatoms. The number of hydrogen-bond donors (Lipinski definition) is 0. The molecule has 1 aromatic heterocycles. The van der Waals surface area contributed by atoms with Crippen molar-refractivity contribution in [3.05, 3.63) is 65.7 Å². The van der Waals surface area contributed by atoms with E-state index in [0.717, 1.165) is 22.1 Å². The van der Waals surface area contributed by atoms with E-state index in [2.05, 4.69) is 29.3 Å². The number of nitrogens with zero attached hydrogens (tertiary/aromatic N) is 4. The first-order valence-corrected chi connectivity index (χ1v) is 10.4. The van der Waals surface area contributed by atoms with E-state index in [9.17, 15) is 4.79 Å². The fourth-order valence-corrected chi connectivity index (χ4v) is 4.15. The minimum Gasteiger partial charge on any atom is -0.342 e. The third-order valence-corrected chi connectivity index (χ3v) is 6.05. The van der Waals surface area contributed by atoms with Crippen molar-refractivity contribution >= 4 is 17.7 Å². The fraction of sp³-hybridized carbons (Fsp3) is 0.318. The Balaban J connectivity index is 1.93. The van der Waals surface area contributed by atoms with Gasteiger partial charge in [-0.3, -0.25) is 4.79 Å². The van der Waals surface area contributed by atoms with Crippen LogP contribution in [0.15, 0.2) is 59.8 Å². The van der Waals surface area contributed by atoms with E-state index in [1.165, 1.54) is 17.3 Å². The second kappa shape index (κ2) is 9.06. The number of benzene rings is 2. The maximum absolute atomic E-state index is 13.2. The molecule has 0 radical (unpaired) electrons. The molecule has 0 saturated heterocycles. The van der Waals surface area contributed by atoms with Gasteiger partial charge in [0.05, 0.1) is 0 Å². The van der Waals surface area contributed by atoms with Crippen LogP contribution in [-0.2, 0) is 11.8 Å². The molecule has 2 aromatic carbocycles. The summed E-state index contributed by atoms with van der Waals surface area (Å²) in [6, 6.07) is 18.1. The van der Waals surface area contributed by atoms with E-state index in [1.807, 2.05) is 72.8 Å². The first kappa shape index (κ1) is 20.1. The highest BCUT2D eigenvalue weighted by molar-refractivity contribution is 8.00. The van der Waals surface area contributed by atoms with E-state index in [0.29, 0.717) is 13.1 Å². The van der Waals surface area contributed by atoms with Crippen molar-refractivity contribution in [1.82, 2.24) is 19.7 Å². The average molecular weight is 395 g/mol. The van der Waals surface area contributed by atoms with Crippen LogP contribution in [0, 0.1) is 6.92 Å². The van der Waals surface area contributed by atoms with Gasteiger partial charge in [0.1, 0.15) is 5.25 Å². The molecule has 0 aliphatic rings. The molecule has 0 aliphatic heterocycles. The Bertz CT molecular complexity index is 917. The van der Waals surface area contributed by atoms with Crippen molar-refractivity contribution in [2.24, 2.45) is 7.05 Å². The molecule has 0 saturated carbocycles. The number of aryl methyl sites for hydroxylation is 1. The highest BCUT2D eigenvalue weighted by atomic mass is 32.2. The van der Waals surface area contributed by atoms with Gasteiger partial charge in [-0.2, -0.15) is 0 Å². The largest absolute Gasteiger partial charge is 0.342 e. The van der Waals surface area contributed by atoms with Gasteiger partial charge in [0.15, 0.2) is 11.0 Å². The summed E-state index contributed by atoms with van der Waals surface area (Å²) in [5.74, 6) is 0.894. The number of thioether (sulfide) groups is 1. The lowest BCUT2D eigenvalue weighted by Gasteiger charge is -2.24. The SMILES string of the molecule is CCN(CC)C(=O)[C@@H](Sc1nnc(-c2ccc(C)cc2)n1C)c1ccccc1. The predicted molar refractivity (Wildman–Crippen MR) is 114 cm³/mol. The highest BCUT2D eigenvalue weighted by Crippen LogP contribution is 2.36. The third-order valence-electron chi connectivity index (χ3n) is 4.77. The molecule has 5 nitrogen and oxygen atoms in total. The van der Waals surface area contributed by atoms with Crippen molar-refractivity contribution < 1.29 is 4.79 Å². The Morgan fingerprint density at radius 1 is 1.04 bits per heavy atom. The van der Waals surface area contributed by atoms with Crippen LogP contribution in [-0.4, -0.2) is 38.7 Å². The summed E-state index contributed by atoms with van der Waals surface area (Å²) in [6.45, 7) is 7.45. The first-order chi connectivity index (χ1) is 13.5. The van der Waals surface area contributed by atoms with Crippen molar-refractivity contribution in [2.45, 2.75) is 31.2 Å². The number of carbonyl (C=O) groups excluding carboxylic acids is 1. The van der Waals surface area contributed by atoms with Crippen LogP contribution in [0.4, 0.5) is 0 Å². The molecule has 0 fully saturated rings. The quantitative estimate of drug-likeness (QED) is 0.554. The molecule has 0 aliphatic carbocycles. The maximum Gasteiger partial charge on any atom is 0.240 e. The average Bonchev–Trinajstić information content (AvgIpc) is 3.08. The van der Waals surface area contributed by atoms with E-state index >= 15 is 0 Å². The minimum absolute atomic E-state index is 0.0982. The second-order valence-corrected chi connectivity index (χ2v) is 7.72. The fourth-order valence-electron chi connectivity index (χ4n) is 3.07. The van der Waals surface area contributed by atoms with Gasteiger partial charge in [0.25, 0.3) is 0 Å². The van der Waals surface area contributed by atoms with Crippen LogP contribution < -0.4 is 0 Å².